The summed E-state index contributed by atoms with van der Waals surface area (Å²) in [7, 11) is -1.19. The first-order valence-corrected chi connectivity index (χ1v) is 8.06. The van der Waals surface area contributed by atoms with Gasteiger partial charge < -0.3 is 20.7 Å². The standard InChI is InChI=1S/C15H24BClN2O2/c17-13-4-6-14(7-5-13)19-10-8-12(11-19)15(18)3-1-2-9-16(20)21/h4-7,12,15,20-21H,1-3,8-11,18H2/t12-,15+/m0/s1. The molecule has 0 unspecified atom stereocenters. The predicted molar refractivity (Wildman–Crippen MR) is 88.6 cm³/mol. The predicted octanol–water partition coefficient (Wildman–Crippen LogP) is 2.14. The van der Waals surface area contributed by atoms with Gasteiger partial charge in [-0.05, 0) is 49.3 Å². The molecule has 0 bridgehead atoms. The van der Waals surface area contributed by atoms with E-state index in [2.05, 4.69) is 17.0 Å². The third-order valence-electron chi connectivity index (χ3n) is 4.27. The summed E-state index contributed by atoms with van der Waals surface area (Å²) in [6.45, 7) is 2.03. The maximum atomic E-state index is 8.82. The van der Waals surface area contributed by atoms with E-state index in [1.165, 1.54) is 5.69 Å². The van der Waals surface area contributed by atoms with Crippen molar-refractivity contribution in [1.29, 1.82) is 0 Å². The van der Waals surface area contributed by atoms with Gasteiger partial charge in [-0.3, -0.25) is 0 Å². The molecule has 2 rings (SSSR count). The normalized spacial score (nSPS) is 19.8. The van der Waals surface area contributed by atoms with Crippen molar-refractivity contribution in [2.24, 2.45) is 11.7 Å². The molecule has 0 radical (unpaired) electrons. The van der Waals surface area contributed by atoms with Crippen LogP contribution >= 0.6 is 11.6 Å². The van der Waals surface area contributed by atoms with Crippen molar-refractivity contribution >= 4 is 24.4 Å². The van der Waals surface area contributed by atoms with E-state index in [0.29, 0.717) is 12.2 Å². The number of hydrogen-bond donors (Lipinski definition) is 3. The maximum absolute atomic E-state index is 8.82. The topological polar surface area (TPSA) is 69.7 Å². The monoisotopic (exact) mass is 310 g/mol. The van der Waals surface area contributed by atoms with Gasteiger partial charge in [-0.15, -0.1) is 0 Å². The van der Waals surface area contributed by atoms with Gasteiger partial charge in [0.15, 0.2) is 0 Å². The van der Waals surface area contributed by atoms with Gasteiger partial charge in [0.05, 0.1) is 0 Å². The molecule has 0 aliphatic carbocycles. The van der Waals surface area contributed by atoms with Gasteiger partial charge in [-0.2, -0.15) is 0 Å². The molecule has 1 aliphatic rings. The molecule has 1 fully saturated rings. The summed E-state index contributed by atoms with van der Waals surface area (Å²) in [5.41, 5.74) is 7.49. The molecule has 116 valence electrons. The summed E-state index contributed by atoms with van der Waals surface area (Å²) < 4.78 is 0. The molecule has 1 aliphatic heterocycles. The van der Waals surface area contributed by atoms with Gasteiger partial charge in [-0.1, -0.05) is 24.4 Å². The summed E-state index contributed by atoms with van der Waals surface area (Å²) >= 11 is 5.92. The molecule has 4 nitrogen and oxygen atoms in total. The minimum Gasteiger partial charge on any atom is -0.427 e. The van der Waals surface area contributed by atoms with Gasteiger partial charge in [0.1, 0.15) is 0 Å². The zero-order valence-corrected chi connectivity index (χ0v) is 13.0. The van der Waals surface area contributed by atoms with Crippen LogP contribution in [0.4, 0.5) is 5.69 Å². The van der Waals surface area contributed by atoms with Crippen LogP contribution in [0, 0.1) is 5.92 Å². The van der Waals surface area contributed by atoms with Gasteiger partial charge in [0, 0.05) is 29.8 Å². The van der Waals surface area contributed by atoms with Gasteiger partial charge in [0.2, 0.25) is 0 Å². The lowest BCUT2D eigenvalue weighted by atomic mass is 9.82. The van der Waals surface area contributed by atoms with Crippen LogP contribution in [0.15, 0.2) is 24.3 Å². The van der Waals surface area contributed by atoms with Crippen LogP contribution in [-0.4, -0.2) is 36.3 Å². The first-order valence-electron chi connectivity index (χ1n) is 7.68. The molecule has 21 heavy (non-hydrogen) atoms. The number of unbranched alkanes of at least 4 members (excludes halogenated alkanes) is 1. The molecular formula is C15H24BClN2O2. The molecule has 0 saturated carbocycles. The lowest BCUT2D eigenvalue weighted by Gasteiger charge is -2.22. The van der Waals surface area contributed by atoms with Crippen molar-refractivity contribution < 1.29 is 10.0 Å². The Bertz CT molecular complexity index is 430. The Labute approximate surface area is 132 Å². The van der Waals surface area contributed by atoms with Crippen LogP contribution in [0.3, 0.4) is 0 Å². The molecule has 2 atom stereocenters. The molecule has 0 spiro atoms. The van der Waals surface area contributed by atoms with Gasteiger partial charge in [-0.25, -0.2) is 0 Å². The number of benzene rings is 1. The number of nitrogens with two attached hydrogens (primary N) is 1. The van der Waals surface area contributed by atoms with Crippen LogP contribution in [0.25, 0.3) is 0 Å². The Morgan fingerprint density at radius 3 is 2.67 bits per heavy atom. The molecule has 4 N–H and O–H groups in total. The van der Waals surface area contributed by atoms with E-state index in [-0.39, 0.29) is 6.04 Å². The van der Waals surface area contributed by atoms with Crippen LogP contribution in [0.5, 0.6) is 0 Å². The van der Waals surface area contributed by atoms with Gasteiger partial charge in [0.25, 0.3) is 0 Å². The molecule has 6 heteroatoms. The Hall–Kier alpha value is -0.745. The van der Waals surface area contributed by atoms with Crippen molar-refractivity contribution in [3.63, 3.8) is 0 Å². The van der Waals surface area contributed by atoms with Crippen LogP contribution in [0.1, 0.15) is 25.7 Å². The highest BCUT2D eigenvalue weighted by atomic mass is 35.5. The molecular weight excluding hydrogens is 286 g/mol. The first-order chi connectivity index (χ1) is 10.1. The Morgan fingerprint density at radius 2 is 2.00 bits per heavy atom. The maximum Gasteiger partial charge on any atom is 0.451 e. The SMILES string of the molecule is N[C@H](CCCCB(O)O)[C@H]1CCN(c2ccc(Cl)cc2)C1. The fourth-order valence-corrected chi connectivity index (χ4v) is 3.09. The van der Waals surface area contributed by atoms with E-state index in [1.54, 1.807) is 0 Å². The summed E-state index contributed by atoms with van der Waals surface area (Å²) in [5, 5.41) is 18.4. The molecule has 1 heterocycles. The number of halogens is 1. The molecule has 1 aromatic rings. The number of nitrogens with zero attached hydrogens (tertiary/aromatic N) is 1. The average molecular weight is 311 g/mol. The first kappa shape index (κ1) is 16.6. The van der Waals surface area contributed by atoms with E-state index in [1.807, 2.05) is 12.1 Å². The second-order valence-electron chi connectivity index (χ2n) is 5.90. The number of hydrogen-bond acceptors (Lipinski definition) is 4. The largest absolute Gasteiger partial charge is 0.451 e. The third kappa shape index (κ3) is 5.18. The lowest BCUT2D eigenvalue weighted by Crippen LogP contribution is -2.32. The Balaban J connectivity index is 1.75. The molecule has 1 aromatic carbocycles. The number of anilines is 1. The van der Waals surface area contributed by atoms with Crippen molar-refractivity contribution in [3.05, 3.63) is 29.3 Å². The highest BCUT2D eigenvalue weighted by Gasteiger charge is 2.27. The quantitative estimate of drug-likeness (QED) is 0.533. The van der Waals surface area contributed by atoms with Crippen molar-refractivity contribution in [2.45, 2.75) is 38.0 Å². The summed E-state index contributed by atoms with van der Waals surface area (Å²) in [6.07, 6.45) is 4.28. The fourth-order valence-electron chi connectivity index (χ4n) is 2.97. The van der Waals surface area contributed by atoms with E-state index < -0.39 is 7.12 Å². The van der Waals surface area contributed by atoms with Crippen molar-refractivity contribution in [1.82, 2.24) is 0 Å². The summed E-state index contributed by atoms with van der Waals surface area (Å²) in [4.78, 5) is 2.36. The third-order valence-corrected chi connectivity index (χ3v) is 4.52. The Kier molecular flexibility index (Phi) is 6.36. The minimum atomic E-state index is -1.19. The molecule has 1 saturated heterocycles. The highest BCUT2D eigenvalue weighted by Crippen LogP contribution is 2.27. The fraction of sp³-hybridized carbons (Fsp3) is 0.600. The summed E-state index contributed by atoms with van der Waals surface area (Å²) in [6, 6.07) is 8.14. The highest BCUT2D eigenvalue weighted by molar-refractivity contribution is 6.40. The second-order valence-corrected chi connectivity index (χ2v) is 6.34. The van der Waals surface area contributed by atoms with Gasteiger partial charge >= 0.3 is 7.12 Å². The zero-order chi connectivity index (χ0) is 15.2. The van der Waals surface area contributed by atoms with Crippen molar-refractivity contribution in [2.75, 3.05) is 18.0 Å². The second kappa shape index (κ2) is 8.04. The van der Waals surface area contributed by atoms with Crippen LogP contribution < -0.4 is 10.6 Å². The van der Waals surface area contributed by atoms with E-state index in [0.717, 1.165) is 43.8 Å². The zero-order valence-electron chi connectivity index (χ0n) is 12.3. The van der Waals surface area contributed by atoms with Crippen molar-refractivity contribution in [3.8, 4) is 0 Å². The molecule has 0 aromatic heterocycles. The van der Waals surface area contributed by atoms with E-state index >= 15 is 0 Å². The average Bonchev–Trinajstić information content (AvgIpc) is 2.94. The smallest absolute Gasteiger partial charge is 0.427 e. The lowest BCUT2D eigenvalue weighted by molar-refractivity contribution is 0.393. The number of rotatable bonds is 7. The van der Waals surface area contributed by atoms with E-state index in [9.17, 15) is 0 Å². The Morgan fingerprint density at radius 1 is 1.29 bits per heavy atom. The minimum absolute atomic E-state index is 0.193. The molecule has 0 amide bonds. The van der Waals surface area contributed by atoms with Crippen LogP contribution in [-0.2, 0) is 0 Å². The van der Waals surface area contributed by atoms with Crippen LogP contribution in [0.2, 0.25) is 11.3 Å². The summed E-state index contributed by atoms with van der Waals surface area (Å²) in [5.74, 6) is 0.514. The van der Waals surface area contributed by atoms with E-state index in [4.69, 9.17) is 27.4 Å².